The van der Waals surface area contributed by atoms with Crippen LogP contribution in [0, 0.1) is 0 Å². The van der Waals surface area contributed by atoms with Crippen molar-refractivity contribution < 1.29 is 9.59 Å². The van der Waals surface area contributed by atoms with Gasteiger partial charge in [-0.2, -0.15) is 0 Å². The second-order valence-corrected chi connectivity index (χ2v) is 6.62. The number of amides is 2. The van der Waals surface area contributed by atoms with Crippen LogP contribution in [-0.4, -0.2) is 17.4 Å². The highest BCUT2D eigenvalue weighted by Crippen LogP contribution is 2.17. The number of carbonyl (C=O) groups is 2. The lowest BCUT2D eigenvalue weighted by Gasteiger charge is -2.20. The molecular weight excluding hydrogens is 312 g/mol. The van der Waals surface area contributed by atoms with E-state index in [2.05, 4.69) is 10.6 Å². The maximum Gasteiger partial charge on any atom is 0.257 e. The van der Waals surface area contributed by atoms with Crippen molar-refractivity contribution in [2.24, 2.45) is 0 Å². The van der Waals surface area contributed by atoms with Gasteiger partial charge in [-0.25, -0.2) is 0 Å². The highest BCUT2D eigenvalue weighted by Gasteiger charge is 2.15. The molecule has 2 rings (SSSR count). The summed E-state index contributed by atoms with van der Waals surface area (Å²) >= 11 is 6.00. The summed E-state index contributed by atoms with van der Waals surface area (Å²) in [6.45, 7) is 5.76. The van der Waals surface area contributed by atoms with E-state index in [1.54, 1.807) is 48.5 Å². The van der Waals surface area contributed by atoms with Crippen LogP contribution in [0.25, 0.3) is 0 Å². The fourth-order valence-electron chi connectivity index (χ4n) is 1.96. The van der Waals surface area contributed by atoms with Crippen molar-refractivity contribution in [3.05, 3.63) is 64.7 Å². The molecule has 0 saturated carbocycles. The maximum atomic E-state index is 12.2. The second kappa shape index (κ2) is 6.84. The minimum atomic E-state index is -0.298. The van der Waals surface area contributed by atoms with Gasteiger partial charge in [0.1, 0.15) is 0 Å². The fourth-order valence-corrected chi connectivity index (χ4v) is 2.18. The predicted octanol–water partition coefficient (Wildman–Crippen LogP) is 4.12. The molecule has 2 aromatic carbocycles. The number of rotatable bonds is 3. The van der Waals surface area contributed by atoms with Crippen LogP contribution in [-0.2, 0) is 0 Å². The average molecular weight is 331 g/mol. The molecule has 0 spiro atoms. The van der Waals surface area contributed by atoms with Crippen molar-refractivity contribution in [2.45, 2.75) is 26.3 Å². The lowest BCUT2D eigenvalue weighted by Crippen LogP contribution is -2.40. The first-order chi connectivity index (χ1) is 10.8. The van der Waals surface area contributed by atoms with E-state index in [0.717, 1.165) is 0 Å². The first kappa shape index (κ1) is 17.0. The number of benzene rings is 2. The van der Waals surface area contributed by atoms with Crippen LogP contribution in [0.5, 0.6) is 0 Å². The molecule has 0 aromatic heterocycles. The van der Waals surface area contributed by atoms with E-state index >= 15 is 0 Å². The van der Waals surface area contributed by atoms with Crippen LogP contribution in [0.2, 0.25) is 5.02 Å². The number of hydrogen-bond acceptors (Lipinski definition) is 2. The Morgan fingerprint density at radius 2 is 1.52 bits per heavy atom. The number of nitrogens with one attached hydrogen (secondary N) is 2. The molecule has 2 aromatic rings. The van der Waals surface area contributed by atoms with Crippen molar-refractivity contribution in [3.63, 3.8) is 0 Å². The first-order valence-electron chi connectivity index (χ1n) is 7.25. The summed E-state index contributed by atoms with van der Waals surface area (Å²) < 4.78 is 0. The van der Waals surface area contributed by atoms with Gasteiger partial charge in [-0.1, -0.05) is 23.7 Å². The molecule has 0 aliphatic rings. The van der Waals surface area contributed by atoms with Crippen molar-refractivity contribution in [1.82, 2.24) is 5.32 Å². The summed E-state index contributed by atoms with van der Waals surface area (Å²) in [5, 5.41) is 6.04. The van der Waals surface area contributed by atoms with Crippen molar-refractivity contribution in [1.29, 1.82) is 0 Å². The third kappa shape index (κ3) is 4.83. The number of carbonyl (C=O) groups excluding carboxylic acids is 2. The summed E-state index contributed by atoms with van der Waals surface area (Å²) in [6, 6.07) is 13.5. The Morgan fingerprint density at radius 1 is 0.913 bits per heavy atom. The normalized spacial score (nSPS) is 11.0. The zero-order valence-corrected chi connectivity index (χ0v) is 14.1. The molecule has 0 unspecified atom stereocenters. The molecule has 0 heterocycles. The van der Waals surface area contributed by atoms with Gasteiger partial charge in [-0.05, 0) is 57.2 Å². The van der Waals surface area contributed by atoms with Gasteiger partial charge in [0.25, 0.3) is 11.8 Å². The van der Waals surface area contributed by atoms with Crippen LogP contribution >= 0.6 is 11.6 Å². The van der Waals surface area contributed by atoms with E-state index in [1.165, 1.54) is 0 Å². The Labute approximate surface area is 140 Å². The van der Waals surface area contributed by atoms with E-state index in [1.807, 2.05) is 20.8 Å². The van der Waals surface area contributed by atoms with E-state index < -0.39 is 0 Å². The third-order valence-electron chi connectivity index (χ3n) is 3.01. The van der Waals surface area contributed by atoms with E-state index in [0.29, 0.717) is 21.8 Å². The zero-order chi connectivity index (χ0) is 17.0. The van der Waals surface area contributed by atoms with E-state index in [-0.39, 0.29) is 17.4 Å². The summed E-state index contributed by atoms with van der Waals surface area (Å²) in [4.78, 5) is 24.2. The molecule has 120 valence electrons. The maximum absolute atomic E-state index is 12.2. The highest BCUT2D eigenvalue weighted by atomic mass is 35.5. The average Bonchev–Trinajstić information content (AvgIpc) is 2.46. The molecule has 2 N–H and O–H groups in total. The van der Waals surface area contributed by atoms with E-state index in [9.17, 15) is 9.59 Å². The molecule has 0 bridgehead atoms. The fraction of sp³-hybridized carbons (Fsp3) is 0.222. The minimum absolute atomic E-state index is 0.151. The molecule has 4 nitrogen and oxygen atoms in total. The van der Waals surface area contributed by atoms with Gasteiger partial charge in [0.05, 0.1) is 10.6 Å². The monoisotopic (exact) mass is 330 g/mol. The summed E-state index contributed by atoms with van der Waals surface area (Å²) in [5.41, 5.74) is 1.25. The van der Waals surface area contributed by atoms with Crippen LogP contribution in [0.4, 0.5) is 5.69 Å². The van der Waals surface area contributed by atoms with Gasteiger partial charge in [0.15, 0.2) is 0 Å². The number of hydrogen-bond donors (Lipinski definition) is 2. The SMILES string of the molecule is CC(C)(C)NC(=O)c1ccc(NC(=O)c2ccccc2Cl)cc1. The molecule has 5 heteroatoms. The largest absolute Gasteiger partial charge is 0.347 e. The smallest absolute Gasteiger partial charge is 0.257 e. The summed E-state index contributed by atoms with van der Waals surface area (Å²) in [5.74, 6) is -0.441. The van der Waals surface area contributed by atoms with Gasteiger partial charge >= 0.3 is 0 Å². The zero-order valence-electron chi connectivity index (χ0n) is 13.3. The Balaban J connectivity index is 2.07. The summed E-state index contributed by atoms with van der Waals surface area (Å²) in [7, 11) is 0. The molecule has 0 saturated heterocycles. The highest BCUT2D eigenvalue weighted by molar-refractivity contribution is 6.34. The van der Waals surface area contributed by atoms with Crippen LogP contribution in [0.1, 0.15) is 41.5 Å². The predicted molar refractivity (Wildman–Crippen MR) is 93.1 cm³/mol. The molecule has 0 atom stereocenters. The van der Waals surface area contributed by atoms with Crippen molar-refractivity contribution in [2.75, 3.05) is 5.32 Å². The molecule has 0 radical (unpaired) electrons. The van der Waals surface area contributed by atoms with E-state index in [4.69, 9.17) is 11.6 Å². The number of anilines is 1. The topological polar surface area (TPSA) is 58.2 Å². The second-order valence-electron chi connectivity index (χ2n) is 6.22. The Kier molecular flexibility index (Phi) is 5.06. The lowest BCUT2D eigenvalue weighted by molar-refractivity contribution is 0.0919. The third-order valence-corrected chi connectivity index (χ3v) is 3.34. The van der Waals surface area contributed by atoms with Gasteiger partial charge in [-0.15, -0.1) is 0 Å². The van der Waals surface area contributed by atoms with Crippen molar-refractivity contribution in [3.8, 4) is 0 Å². The van der Waals surface area contributed by atoms with Crippen LogP contribution in [0.15, 0.2) is 48.5 Å². The van der Waals surface area contributed by atoms with Crippen LogP contribution < -0.4 is 10.6 Å². The standard InChI is InChI=1S/C18H19ClN2O2/c1-18(2,3)21-16(22)12-8-10-13(11-9-12)20-17(23)14-6-4-5-7-15(14)19/h4-11H,1-3H3,(H,20,23)(H,21,22). The molecule has 0 aliphatic heterocycles. The first-order valence-corrected chi connectivity index (χ1v) is 7.62. The molecular formula is C18H19ClN2O2. The minimum Gasteiger partial charge on any atom is -0.347 e. The van der Waals surface area contributed by atoms with Gasteiger partial charge < -0.3 is 10.6 Å². The molecule has 23 heavy (non-hydrogen) atoms. The van der Waals surface area contributed by atoms with Crippen molar-refractivity contribution >= 4 is 29.1 Å². The van der Waals surface area contributed by atoms with Gasteiger partial charge in [-0.3, -0.25) is 9.59 Å². The van der Waals surface area contributed by atoms with Gasteiger partial charge in [0.2, 0.25) is 0 Å². The van der Waals surface area contributed by atoms with Gasteiger partial charge in [0, 0.05) is 16.8 Å². The summed E-state index contributed by atoms with van der Waals surface area (Å²) in [6.07, 6.45) is 0. The molecule has 0 aliphatic carbocycles. The number of halogens is 1. The lowest BCUT2D eigenvalue weighted by atomic mass is 10.1. The Morgan fingerprint density at radius 3 is 2.09 bits per heavy atom. The molecule has 0 fully saturated rings. The Hall–Kier alpha value is -2.33. The van der Waals surface area contributed by atoms with Crippen LogP contribution in [0.3, 0.4) is 0 Å². The molecule has 2 amide bonds. The Bertz CT molecular complexity index is 719. The quantitative estimate of drug-likeness (QED) is 0.889.